The molecular formula is C27H24F2N2O6. The Morgan fingerprint density at radius 3 is 2.27 bits per heavy atom. The third-order valence-electron chi connectivity index (χ3n) is 5.62. The summed E-state index contributed by atoms with van der Waals surface area (Å²) in [7, 11) is 4.59. The molecule has 0 atom stereocenters. The summed E-state index contributed by atoms with van der Waals surface area (Å²) in [6.45, 7) is -0.481. The quantitative estimate of drug-likeness (QED) is 0.320. The van der Waals surface area contributed by atoms with E-state index in [2.05, 4.69) is 5.10 Å². The van der Waals surface area contributed by atoms with E-state index in [1.165, 1.54) is 14.2 Å². The minimum Gasteiger partial charge on any atom is -0.496 e. The second kappa shape index (κ2) is 11.0. The van der Waals surface area contributed by atoms with Crippen LogP contribution in [0.1, 0.15) is 5.56 Å². The van der Waals surface area contributed by atoms with Crippen LogP contribution in [0.5, 0.6) is 23.0 Å². The van der Waals surface area contributed by atoms with Crippen LogP contribution in [0.4, 0.5) is 8.78 Å². The summed E-state index contributed by atoms with van der Waals surface area (Å²) < 4.78 is 51.8. The Morgan fingerprint density at radius 1 is 0.865 bits per heavy atom. The number of nitrogens with zero attached hydrogens (tertiary/aromatic N) is 2. The van der Waals surface area contributed by atoms with Gasteiger partial charge in [0.25, 0.3) is 0 Å². The molecule has 8 nitrogen and oxygen atoms in total. The van der Waals surface area contributed by atoms with E-state index in [0.717, 1.165) is 17.7 Å². The predicted molar refractivity (Wildman–Crippen MR) is 131 cm³/mol. The van der Waals surface area contributed by atoms with Gasteiger partial charge in [0.2, 0.25) is 0 Å². The highest BCUT2D eigenvalue weighted by molar-refractivity contribution is 5.77. The zero-order valence-corrected chi connectivity index (χ0v) is 20.3. The Hall–Kier alpha value is -4.60. The molecule has 3 aromatic carbocycles. The lowest BCUT2D eigenvalue weighted by Crippen LogP contribution is -2.10. The number of halogens is 2. The Bertz CT molecular complexity index is 1440. The van der Waals surface area contributed by atoms with Crippen molar-refractivity contribution in [3.8, 4) is 45.5 Å². The highest BCUT2D eigenvalue weighted by Gasteiger charge is 2.22. The molecule has 0 amide bonds. The van der Waals surface area contributed by atoms with E-state index in [1.54, 1.807) is 30.0 Å². The maximum absolute atomic E-state index is 14.3. The molecule has 0 saturated heterocycles. The molecule has 0 bridgehead atoms. The third kappa shape index (κ3) is 5.32. The SMILES string of the molecule is COc1ccccc1Cn1nc(-c2cc(F)c(F)cc2OCC(=O)O)cc1-c1cccc(OC)c1OC. The summed E-state index contributed by atoms with van der Waals surface area (Å²) in [5, 5.41) is 13.7. The molecule has 1 heterocycles. The zero-order chi connectivity index (χ0) is 26.5. The number of aromatic nitrogens is 2. The minimum absolute atomic E-state index is 0.0852. The van der Waals surface area contributed by atoms with Crippen molar-refractivity contribution in [1.29, 1.82) is 0 Å². The van der Waals surface area contributed by atoms with Gasteiger partial charge in [-0.1, -0.05) is 24.3 Å². The van der Waals surface area contributed by atoms with E-state index in [0.29, 0.717) is 28.5 Å². The van der Waals surface area contributed by atoms with Gasteiger partial charge in [-0.05, 0) is 30.3 Å². The minimum atomic E-state index is -1.26. The van der Waals surface area contributed by atoms with E-state index in [9.17, 15) is 13.6 Å². The fourth-order valence-electron chi connectivity index (χ4n) is 3.96. The lowest BCUT2D eigenvalue weighted by molar-refractivity contribution is -0.139. The number of hydrogen-bond acceptors (Lipinski definition) is 6. The van der Waals surface area contributed by atoms with E-state index in [4.69, 9.17) is 24.1 Å². The third-order valence-corrected chi connectivity index (χ3v) is 5.62. The molecule has 0 spiro atoms. The summed E-state index contributed by atoms with van der Waals surface area (Å²) >= 11 is 0. The molecule has 10 heteroatoms. The van der Waals surface area contributed by atoms with Crippen molar-refractivity contribution in [2.24, 2.45) is 0 Å². The van der Waals surface area contributed by atoms with Crippen LogP contribution >= 0.6 is 0 Å². The van der Waals surface area contributed by atoms with Gasteiger partial charge in [-0.25, -0.2) is 13.6 Å². The van der Waals surface area contributed by atoms with Gasteiger partial charge in [0.15, 0.2) is 29.7 Å². The number of aliphatic carboxylic acids is 1. The number of benzene rings is 3. The summed E-state index contributed by atoms with van der Waals surface area (Å²) in [6, 6.07) is 16.1. The standard InChI is InChI=1S/C27H24F2N2O6/c1-34-23-9-5-4-7-16(23)14-31-22(17-8-6-10-24(35-2)27(17)36-3)13-21(30-31)18-11-19(28)20(29)12-25(18)37-15-26(32)33/h4-13H,14-15H2,1-3H3,(H,32,33). The van der Waals surface area contributed by atoms with Crippen LogP contribution in [0.15, 0.2) is 60.7 Å². The molecule has 37 heavy (non-hydrogen) atoms. The van der Waals surface area contributed by atoms with Crippen molar-refractivity contribution in [2.45, 2.75) is 6.54 Å². The Morgan fingerprint density at radius 2 is 1.57 bits per heavy atom. The van der Waals surface area contributed by atoms with Crippen LogP contribution in [0.3, 0.4) is 0 Å². The van der Waals surface area contributed by atoms with Crippen molar-refractivity contribution < 1.29 is 37.6 Å². The van der Waals surface area contributed by atoms with E-state index in [-0.39, 0.29) is 23.6 Å². The molecule has 1 aromatic heterocycles. The smallest absolute Gasteiger partial charge is 0.341 e. The van der Waals surface area contributed by atoms with Gasteiger partial charge >= 0.3 is 5.97 Å². The van der Waals surface area contributed by atoms with E-state index < -0.39 is 24.2 Å². The fourth-order valence-corrected chi connectivity index (χ4v) is 3.96. The lowest BCUT2D eigenvalue weighted by atomic mass is 10.1. The van der Waals surface area contributed by atoms with Crippen LogP contribution < -0.4 is 18.9 Å². The predicted octanol–water partition coefficient (Wildman–Crippen LogP) is 5.03. The number of para-hydroxylation sites is 2. The average molecular weight is 510 g/mol. The molecule has 0 unspecified atom stereocenters. The molecule has 0 saturated carbocycles. The fraction of sp³-hybridized carbons (Fsp3) is 0.185. The first-order chi connectivity index (χ1) is 17.9. The number of rotatable bonds is 10. The van der Waals surface area contributed by atoms with Crippen molar-refractivity contribution in [1.82, 2.24) is 9.78 Å². The van der Waals surface area contributed by atoms with Crippen LogP contribution in [0.2, 0.25) is 0 Å². The monoisotopic (exact) mass is 510 g/mol. The highest BCUT2D eigenvalue weighted by Crippen LogP contribution is 2.41. The molecule has 1 N–H and O–H groups in total. The van der Waals surface area contributed by atoms with Gasteiger partial charge in [0.05, 0.1) is 39.3 Å². The second-order valence-electron chi connectivity index (χ2n) is 7.87. The van der Waals surface area contributed by atoms with Gasteiger partial charge in [0.1, 0.15) is 11.5 Å². The number of hydrogen-bond donors (Lipinski definition) is 1. The van der Waals surface area contributed by atoms with Gasteiger partial charge in [-0.2, -0.15) is 5.10 Å². The molecule has 0 radical (unpaired) electrons. The summed E-state index contributed by atoms with van der Waals surface area (Å²) in [6.07, 6.45) is 0. The topological polar surface area (TPSA) is 92.0 Å². The molecule has 192 valence electrons. The number of carbonyl (C=O) groups is 1. The first kappa shape index (κ1) is 25.5. The van der Waals surface area contributed by atoms with Crippen molar-refractivity contribution in [3.05, 3.63) is 77.9 Å². The largest absolute Gasteiger partial charge is 0.496 e. The van der Waals surface area contributed by atoms with E-state index in [1.807, 2.05) is 30.3 Å². The summed E-state index contributed by atoms with van der Waals surface area (Å²) in [5.74, 6) is -2.15. The average Bonchev–Trinajstić information content (AvgIpc) is 3.31. The maximum Gasteiger partial charge on any atom is 0.341 e. The molecule has 0 aliphatic carbocycles. The van der Waals surface area contributed by atoms with Gasteiger partial charge < -0.3 is 24.1 Å². The Labute approximate surface area is 211 Å². The first-order valence-electron chi connectivity index (χ1n) is 11.1. The molecule has 4 aromatic rings. The summed E-state index contributed by atoms with van der Waals surface area (Å²) in [5.41, 5.74) is 2.34. The summed E-state index contributed by atoms with van der Waals surface area (Å²) in [4.78, 5) is 11.1. The molecule has 0 aliphatic heterocycles. The van der Waals surface area contributed by atoms with Crippen LogP contribution in [-0.2, 0) is 11.3 Å². The van der Waals surface area contributed by atoms with Crippen LogP contribution in [-0.4, -0.2) is 48.8 Å². The maximum atomic E-state index is 14.3. The molecular weight excluding hydrogens is 486 g/mol. The number of carboxylic acids is 1. The highest BCUT2D eigenvalue weighted by atomic mass is 19.2. The van der Waals surface area contributed by atoms with Crippen molar-refractivity contribution in [3.63, 3.8) is 0 Å². The number of carboxylic acid groups (broad SMARTS) is 1. The van der Waals surface area contributed by atoms with E-state index >= 15 is 0 Å². The normalized spacial score (nSPS) is 10.7. The zero-order valence-electron chi connectivity index (χ0n) is 20.3. The second-order valence-corrected chi connectivity index (χ2v) is 7.87. The molecule has 0 aliphatic rings. The number of methoxy groups -OCH3 is 3. The number of ether oxygens (including phenoxy) is 4. The van der Waals surface area contributed by atoms with Crippen LogP contribution in [0, 0.1) is 11.6 Å². The van der Waals surface area contributed by atoms with Crippen LogP contribution in [0.25, 0.3) is 22.5 Å². The van der Waals surface area contributed by atoms with Gasteiger partial charge in [0, 0.05) is 22.8 Å². The van der Waals surface area contributed by atoms with Gasteiger partial charge in [-0.3, -0.25) is 4.68 Å². The Kier molecular flexibility index (Phi) is 7.57. The Balaban J connectivity index is 1.92. The van der Waals surface area contributed by atoms with Gasteiger partial charge in [-0.15, -0.1) is 0 Å². The molecule has 0 fully saturated rings. The van der Waals surface area contributed by atoms with Crippen molar-refractivity contribution in [2.75, 3.05) is 27.9 Å². The molecule has 4 rings (SSSR count). The first-order valence-corrected chi connectivity index (χ1v) is 11.1. The van der Waals surface area contributed by atoms with Crippen molar-refractivity contribution >= 4 is 5.97 Å². The lowest BCUT2D eigenvalue weighted by Gasteiger charge is -2.15.